The average Bonchev–Trinajstić information content (AvgIpc) is 3.09. The van der Waals surface area contributed by atoms with Gasteiger partial charge in [0.1, 0.15) is 5.03 Å². The SMILES string of the molecule is O=C(Nc1ccc(C(=O)N2CCCNCC2)c(Cl)c1)c1cccnc1Sc1ccccc1. The Kier molecular flexibility index (Phi) is 7.42. The zero-order valence-corrected chi connectivity index (χ0v) is 19.0. The molecule has 8 heteroatoms. The number of halogens is 1. The van der Waals surface area contributed by atoms with Crippen LogP contribution < -0.4 is 10.6 Å². The molecule has 6 nitrogen and oxygen atoms in total. The summed E-state index contributed by atoms with van der Waals surface area (Å²) in [4.78, 5) is 33.0. The predicted molar refractivity (Wildman–Crippen MR) is 128 cm³/mol. The van der Waals surface area contributed by atoms with E-state index in [1.165, 1.54) is 11.8 Å². The number of carbonyl (C=O) groups excluding carboxylic acids is 2. The summed E-state index contributed by atoms with van der Waals surface area (Å²) in [6.45, 7) is 3.02. The highest BCUT2D eigenvalue weighted by atomic mass is 35.5. The van der Waals surface area contributed by atoms with Gasteiger partial charge in [0, 0.05) is 36.4 Å². The molecule has 2 N–H and O–H groups in total. The first-order chi connectivity index (χ1) is 15.6. The van der Waals surface area contributed by atoms with Gasteiger partial charge in [-0.3, -0.25) is 9.59 Å². The Bertz CT molecular complexity index is 1100. The van der Waals surface area contributed by atoms with Crippen molar-refractivity contribution in [3.05, 3.63) is 83.0 Å². The maximum Gasteiger partial charge on any atom is 0.258 e. The molecule has 0 saturated carbocycles. The van der Waals surface area contributed by atoms with Crippen LogP contribution in [0.15, 0.2) is 76.8 Å². The smallest absolute Gasteiger partial charge is 0.258 e. The number of hydrogen-bond acceptors (Lipinski definition) is 5. The maximum atomic E-state index is 13.0. The average molecular weight is 467 g/mol. The van der Waals surface area contributed by atoms with E-state index in [4.69, 9.17) is 11.6 Å². The topological polar surface area (TPSA) is 74.3 Å². The van der Waals surface area contributed by atoms with Gasteiger partial charge in [0.05, 0.1) is 16.1 Å². The van der Waals surface area contributed by atoms with Crippen molar-refractivity contribution >= 4 is 40.9 Å². The molecule has 1 aromatic heterocycles. The van der Waals surface area contributed by atoms with Crippen LogP contribution in [0.2, 0.25) is 5.02 Å². The van der Waals surface area contributed by atoms with Gasteiger partial charge < -0.3 is 15.5 Å². The third-order valence-electron chi connectivity index (χ3n) is 5.06. The lowest BCUT2D eigenvalue weighted by atomic mass is 10.1. The number of pyridine rings is 1. The summed E-state index contributed by atoms with van der Waals surface area (Å²) in [6, 6.07) is 18.2. The molecule has 0 bridgehead atoms. The summed E-state index contributed by atoms with van der Waals surface area (Å²) < 4.78 is 0. The summed E-state index contributed by atoms with van der Waals surface area (Å²) in [5.41, 5.74) is 1.43. The van der Waals surface area contributed by atoms with Gasteiger partial charge >= 0.3 is 0 Å². The van der Waals surface area contributed by atoms with E-state index in [9.17, 15) is 9.59 Å². The molecule has 1 fully saturated rings. The van der Waals surface area contributed by atoms with Crippen molar-refractivity contribution in [3.63, 3.8) is 0 Å². The molecule has 4 rings (SSSR count). The highest BCUT2D eigenvalue weighted by Crippen LogP contribution is 2.29. The molecule has 0 radical (unpaired) electrons. The molecule has 0 unspecified atom stereocenters. The maximum absolute atomic E-state index is 13.0. The van der Waals surface area contributed by atoms with Crippen LogP contribution in [-0.2, 0) is 0 Å². The lowest BCUT2D eigenvalue weighted by molar-refractivity contribution is 0.0766. The molecule has 0 atom stereocenters. The molecular formula is C24H23ClN4O2S. The second-order valence-corrected chi connectivity index (χ2v) is 8.79. The number of hydrogen-bond donors (Lipinski definition) is 2. The van der Waals surface area contributed by atoms with Crippen LogP contribution in [0, 0.1) is 0 Å². The Morgan fingerprint density at radius 3 is 2.66 bits per heavy atom. The first-order valence-electron chi connectivity index (χ1n) is 10.4. The van der Waals surface area contributed by atoms with Crippen molar-refractivity contribution in [1.29, 1.82) is 0 Å². The van der Waals surface area contributed by atoms with Crippen LogP contribution in [0.25, 0.3) is 0 Å². The van der Waals surface area contributed by atoms with E-state index in [1.807, 2.05) is 35.2 Å². The van der Waals surface area contributed by atoms with Gasteiger partial charge in [-0.25, -0.2) is 4.98 Å². The molecule has 3 aromatic rings. The van der Waals surface area contributed by atoms with Crippen molar-refractivity contribution in [2.24, 2.45) is 0 Å². The third kappa shape index (κ3) is 5.48. The van der Waals surface area contributed by atoms with Crippen LogP contribution in [0.3, 0.4) is 0 Å². The van der Waals surface area contributed by atoms with E-state index in [1.54, 1.807) is 36.5 Å². The standard InChI is InChI=1S/C24H23ClN4O2S/c25-21-16-17(9-10-19(21)24(31)29-14-5-11-26-13-15-29)28-22(30)20-8-4-12-27-23(20)32-18-6-2-1-3-7-18/h1-4,6-10,12,16,26H,5,11,13-15H2,(H,28,30). The Morgan fingerprint density at radius 1 is 1.00 bits per heavy atom. The molecular weight excluding hydrogens is 444 g/mol. The number of rotatable bonds is 5. The van der Waals surface area contributed by atoms with Crippen LogP contribution in [0.5, 0.6) is 0 Å². The first-order valence-corrected chi connectivity index (χ1v) is 11.6. The zero-order chi connectivity index (χ0) is 22.3. The van der Waals surface area contributed by atoms with Gasteiger partial charge in [-0.2, -0.15) is 0 Å². The summed E-state index contributed by atoms with van der Waals surface area (Å²) >= 11 is 7.85. The molecule has 0 spiro atoms. The minimum Gasteiger partial charge on any atom is -0.337 e. The van der Waals surface area contributed by atoms with Gasteiger partial charge in [-0.05, 0) is 55.4 Å². The quantitative estimate of drug-likeness (QED) is 0.576. The summed E-state index contributed by atoms with van der Waals surface area (Å²) in [5.74, 6) is -0.379. The van der Waals surface area contributed by atoms with Crippen molar-refractivity contribution in [2.45, 2.75) is 16.3 Å². The van der Waals surface area contributed by atoms with E-state index < -0.39 is 0 Å². The summed E-state index contributed by atoms with van der Waals surface area (Å²) in [5, 5.41) is 7.08. The Hall–Kier alpha value is -2.87. The van der Waals surface area contributed by atoms with E-state index in [-0.39, 0.29) is 11.8 Å². The molecule has 2 heterocycles. The first kappa shape index (κ1) is 22.3. The van der Waals surface area contributed by atoms with E-state index in [2.05, 4.69) is 15.6 Å². The predicted octanol–water partition coefficient (Wildman–Crippen LogP) is 4.57. The molecule has 2 amide bonds. The Balaban J connectivity index is 1.48. The minimum atomic E-state index is -0.287. The molecule has 2 aromatic carbocycles. The number of carbonyl (C=O) groups is 2. The van der Waals surface area contributed by atoms with Crippen LogP contribution >= 0.6 is 23.4 Å². The van der Waals surface area contributed by atoms with E-state index in [0.29, 0.717) is 40.0 Å². The van der Waals surface area contributed by atoms with Crippen molar-refractivity contribution in [2.75, 3.05) is 31.5 Å². The van der Waals surface area contributed by atoms with Gasteiger partial charge in [0.15, 0.2) is 0 Å². The largest absolute Gasteiger partial charge is 0.337 e. The monoisotopic (exact) mass is 466 g/mol. The molecule has 32 heavy (non-hydrogen) atoms. The van der Waals surface area contributed by atoms with Gasteiger partial charge in [-0.1, -0.05) is 41.6 Å². The second kappa shape index (κ2) is 10.6. The number of nitrogens with one attached hydrogen (secondary N) is 2. The fourth-order valence-corrected chi connectivity index (χ4v) is 4.59. The van der Waals surface area contributed by atoms with Crippen molar-refractivity contribution in [1.82, 2.24) is 15.2 Å². The lowest BCUT2D eigenvalue weighted by Gasteiger charge is -2.20. The Labute approximate surface area is 196 Å². The second-order valence-electron chi connectivity index (χ2n) is 7.32. The number of anilines is 1. The van der Waals surface area contributed by atoms with Crippen LogP contribution in [0.4, 0.5) is 5.69 Å². The third-order valence-corrected chi connectivity index (χ3v) is 6.40. The number of amides is 2. The molecule has 1 aliphatic rings. The van der Waals surface area contributed by atoms with Gasteiger partial charge in [-0.15, -0.1) is 0 Å². The zero-order valence-electron chi connectivity index (χ0n) is 17.4. The molecule has 1 saturated heterocycles. The number of aromatic nitrogens is 1. The van der Waals surface area contributed by atoms with Crippen molar-refractivity contribution in [3.8, 4) is 0 Å². The number of benzene rings is 2. The van der Waals surface area contributed by atoms with Crippen LogP contribution in [0.1, 0.15) is 27.1 Å². The summed E-state index contributed by atoms with van der Waals surface area (Å²) in [7, 11) is 0. The van der Waals surface area contributed by atoms with Crippen molar-refractivity contribution < 1.29 is 9.59 Å². The Morgan fingerprint density at radius 2 is 1.84 bits per heavy atom. The number of nitrogens with zero attached hydrogens (tertiary/aromatic N) is 2. The van der Waals surface area contributed by atoms with Gasteiger partial charge in [0.25, 0.3) is 11.8 Å². The van der Waals surface area contributed by atoms with E-state index >= 15 is 0 Å². The molecule has 164 valence electrons. The lowest BCUT2D eigenvalue weighted by Crippen LogP contribution is -2.34. The van der Waals surface area contributed by atoms with Gasteiger partial charge in [0.2, 0.25) is 0 Å². The highest BCUT2D eigenvalue weighted by Gasteiger charge is 2.20. The molecule has 1 aliphatic heterocycles. The minimum absolute atomic E-state index is 0.0922. The normalized spacial score (nSPS) is 14.0. The fourth-order valence-electron chi connectivity index (χ4n) is 3.43. The van der Waals surface area contributed by atoms with E-state index in [0.717, 1.165) is 24.4 Å². The summed E-state index contributed by atoms with van der Waals surface area (Å²) in [6.07, 6.45) is 2.57. The molecule has 0 aliphatic carbocycles. The van der Waals surface area contributed by atoms with Crippen LogP contribution in [-0.4, -0.2) is 47.9 Å². The highest BCUT2D eigenvalue weighted by molar-refractivity contribution is 7.99. The fraction of sp³-hybridized carbons (Fsp3) is 0.208.